The Labute approximate surface area is 236 Å². The minimum absolute atomic E-state index is 0.127. The summed E-state index contributed by atoms with van der Waals surface area (Å²) in [7, 11) is -6.41. The summed E-state index contributed by atoms with van der Waals surface area (Å²) in [5, 5.41) is 0. The number of rotatable bonds is 26. The molecule has 9 heteroatoms. The van der Waals surface area contributed by atoms with Gasteiger partial charge in [0.25, 0.3) is 10.1 Å². The van der Waals surface area contributed by atoms with E-state index in [0.717, 1.165) is 38.3 Å². The maximum Gasteiger partial charge on any atom is 0.500 e. The second-order valence-corrected chi connectivity index (χ2v) is 16.1. The van der Waals surface area contributed by atoms with Crippen LogP contribution in [-0.4, -0.2) is 60.1 Å². The standard InChI is InChI=1S/C29H60O7SSi/c1-7-20-29(6,21-12-11-13-23-38(34-8-2,35-9-3)36-10-4)24-27(18-19-28-25-33-28)17-16-26(5)15-14-22-37(30,31)32/h26-28H,7-25H2,1-6H3,(H,30,31,32). The average Bonchev–Trinajstić information content (AvgIpc) is 3.65. The molecule has 1 saturated heterocycles. The highest BCUT2D eigenvalue weighted by Gasteiger charge is 2.39. The van der Waals surface area contributed by atoms with Gasteiger partial charge in [-0.2, -0.15) is 8.42 Å². The molecule has 1 N–H and O–H groups in total. The van der Waals surface area contributed by atoms with Crippen molar-refractivity contribution in [3.63, 3.8) is 0 Å². The summed E-state index contributed by atoms with van der Waals surface area (Å²) in [5.74, 6) is 1.02. The van der Waals surface area contributed by atoms with Crippen LogP contribution in [0.2, 0.25) is 6.04 Å². The molecule has 4 unspecified atom stereocenters. The van der Waals surface area contributed by atoms with E-state index in [1.165, 1.54) is 51.4 Å². The molecule has 1 aliphatic heterocycles. The molecule has 0 radical (unpaired) electrons. The van der Waals surface area contributed by atoms with Gasteiger partial charge in [0, 0.05) is 25.9 Å². The number of hydrogen-bond acceptors (Lipinski definition) is 6. The Morgan fingerprint density at radius 2 is 1.55 bits per heavy atom. The van der Waals surface area contributed by atoms with Crippen molar-refractivity contribution >= 4 is 18.9 Å². The number of hydrogen-bond donors (Lipinski definition) is 1. The second kappa shape index (κ2) is 19.2. The van der Waals surface area contributed by atoms with Crippen molar-refractivity contribution in [3.05, 3.63) is 0 Å². The topological polar surface area (TPSA) is 94.6 Å². The van der Waals surface area contributed by atoms with E-state index in [0.29, 0.717) is 49.6 Å². The average molecular weight is 581 g/mol. The zero-order valence-corrected chi connectivity index (χ0v) is 27.3. The van der Waals surface area contributed by atoms with Crippen molar-refractivity contribution in [3.8, 4) is 0 Å². The lowest BCUT2D eigenvalue weighted by Crippen LogP contribution is -2.45. The van der Waals surface area contributed by atoms with Crippen molar-refractivity contribution in [2.75, 3.05) is 32.2 Å². The van der Waals surface area contributed by atoms with E-state index in [4.69, 9.17) is 22.6 Å². The van der Waals surface area contributed by atoms with Crippen LogP contribution in [0.3, 0.4) is 0 Å². The summed E-state index contributed by atoms with van der Waals surface area (Å²) in [5.41, 5.74) is 0.340. The molecule has 7 nitrogen and oxygen atoms in total. The second-order valence-electron chi connectivity index (χ2n) is 11.8. The van der Waals surface area contributed by atoms with Gasteiger partial charge in [-0.05, 0) is 89.4 Å². The number of ether oxygens (including phenoxy) is 1. The lowest BCUT2D eigenvalue weighted by molar-refractivity contribution is 0.0705. The van der Waals surface area contributed by atoms with E-state index in [1.807, 2.05) is 20.8 Å². The molecule has 0 aromatic rings. The molecule has 4 atom stereocenters. The van der Waals surface area contributed by atoms with Crippen LogP contribution in [0, 0.1) is 17.3 Å². The Balaban J connectivity index is 2.61. The van der Waals surface area contributed by atoms with Crippen LogP contribution in [0.25, 0.3) is 0 Å². The molecule has 0 amide bonds. The number of epoxide rings is 1. The van der Waals surface area contributed by atoms with Gasteiger partial charge in [0.1, 0.15) is 0 Å². The van der Waals surface area contributed by atoms with Crippen molar-refractivity contribution < 1.29 is 31.0 Å². The van der Waals surface area contributed by atoms with Gasteiger partial charge in [-0.1, -0.05) is 52.9 Å². The summed E-state index contributed by atoms with van der Waals surface area (Å²) in [6, 6.07) is 0.895. The lowest BCUT2D eigenvalue weighted by atomic mass is 9.71. The molecule has 228 valence electrons. The van der Waals surface area contributed by atoms with E-state index in [9.17, 15) is 8.42 Å². The van der Waals surface area contributed by atoms with Crippen LogP contribution in [0.4, 0.5) is 0 Å². The van der Waals surface area contributed by atoms with Gasteiger partial charge < -0.3 is 18.0 Å². The first-order valence-electron chi connectivity index (χ1n) is 15.5. The minimum Gasteiger partial charge on any atom is -0.374 e. The third kappa shape index (κ3) is 16.9. The van der Waals surface area contributed by atoms with Crippen molar-refractivity contribution in [2.45, 2.75) is 137 Å². The van der Waals surface area contributed by atoms with E-state index in [-0.39, 0.29) is 5.75 Å². The van der Waals surface area contributed by atoms with Crippen LogP contribution in [0.15, 0.2) is 0 Å². The highest BCUT2D eigenvalue weighted by Crippen LogP contribution is 2.40. The smallest absolute Gasteiger partial charge is 0.374 e. The van der Waals surface area contributed by atoms with E-state index in [1.54, 1.807) is 0 Å². The predicted molar refractivity (Wildman–Crippen MR) is 158 cm³/mol. The van der Waals surface area contributed by atoms with Crippen LogP contribution in [0.1, 0.15) is 125 Å². The fourth-order valence-corrected chi connectivity index (χ4v) is 9.20. The molecule has 0 aliphatic carbocycles. The summed E-state index contributed by atoms with van der Waals surface area (Å²) < 4.78 is 54.7. The quantitative estimate of drug-likeness (QED) is 0.0485. The van der Waals surface area contributed by atoms with Crippen LogP contribution in [-0.2, 0) is 28.1 Å². The summed E-state index contributed by atoms with van der Waals surface area (Å²) in [6.07, 6.45) is 14.9. The Morgan fingerprint density at radius 1 is 0.921 bits per heavy atom. The first-order valence-corrected chi connectivity index (χ1v) is 19.0. The molecule has 1 aliphatic rings. The highest BCUT2D eigenvalue weighted by atomic mass is 32.2. The molecule has 38 heavy (non-hydrogen) atoms. The van der Waals surface area contributed by atoms with E-state index >= 15 is 0 Å². The maximum absolute atomic E-state index is 11.0. The molecule has 1 fully saturated rings. The van der Waals surface area contributed by atoms with E-state index < -0.39 is 18.9 Å². The van der Waals surface area contributed by atoms with Gasteiger partial charge in [0.15, 0.2) is 0 Å². The Morgan fingerprint density at radius 3 is 2.08 bits per heavy atom. The first-order chi connectivity index (χ1) is 18.0. The minimum atomic E-state index is -3.86. The molecule has 0 saturated carbocycles. The summed E-state index contributed by atoms with van der Waals surface area (Å²) in [4.78, 5) is 0. The summed E-state index contributed by atoms with van der Waals surface area (Å²) >= 11 is 0. The fraction of sp³-hybridized carbons (Fsp3) is 1.00. The fourth-order valence-electron chi connectivity index (χ4n) is 5.98. The molecule has 0 bridgehead atoms. The van der Waals surface area contributed by atoms with Crippen LogP contribution >= 0.6 is 0 Å². The van der Waals surface area contributed by atoms with Crippen molar-refractivity contribution in [2.24, 2.45) is 17.3 Å². The SMILES string of the molecule is CCCC(C)(CCCCC[Si](OCC)(OCC)OCC)CC(CCC(C)CCCS(=O)(=O)O)CCC1CO1. The predicted octanol–water partition coefficient (Wildman–Crippen LogP) is 7.67. The third-order valence-corrected chi connectivity index (χ3v) is 11.9. The third-order valence-electron chi connectivity index (χ3n) is 7.96. The Kier molecular flexibility index (Phi) is 18.1. The van der Waals surface area contributed by atoms with Crippen molar-refractivity contribution in [1.29, 1.82) is 0 Å². The van der Waals surface area contributed by atoms with Crippen LogP contribution in [0.5, 0.6) is 0 Å². The normalized spacial score (nSPS) is 19.3. The largest absolute Gasteiger partial charge is 0.500 e. The molecule has 1 heterocycles. The van der Waals surface area contributed by atoms with Gasteiger partial charge in [0.05, 0.1) is 18.5 Å². The Bertz CT molecular complexity index is 684. The van der Waals surface area contributed by atoms with Gasteiger partial charge in [-0.3, -0.25) is 4.55 Å². The van der Waals surface area contributed by atoms with Gasteiger partial charge in [0.2, 0.25) is 0 Å². The first kappa shape index (κ1) is 36.0. The molecule has 0 aromatic heterocycles. The highest BCUT2D eigenvalue weighted by molar-refractivity contribution is 7.85. The molecular formula is C29H60O7SSi. The maximum atomic E-state index is 11.0. The molecular weight excluding hydrogens is 520 g/mol. The van der Waals surface area contributed by atoms with Crippen LogP contribution < -0.4 is 0 Å². The lowest BCUT2D eigenvalue weighted by Gasteiger charge is -2.34. The molecule has 0 spiro atoms. The zero-order valence-electron chi connectivity index (χ0n) is 25.5. The van der Waals surface area contributed by atoms with Crippen molar-refractivity contribution in [1.82, 2.24) is 0 Å². The monoisotopic (exact) mass is 580 g/mol. The van der Waals surface area contributed by atoms with Gasteiger partial charge in [-0.15, -0.1) is 0 Å². The Hall–Kier alpha value is -0.0331. The van der Waals surface area contributed by atoms with E-state index in [2.05, 4.69) is 20.8 Å². The van der Waals surface area contributed by atoms with Gasteiger partial charge >= 0.3 is 8.80 Å². The van der Waals surface area contributed by atoms with Gasteiger partial charge in [-0.25, -0.2) is 0 Å². The number of unbranched alkanes of at least 4 members (excludes halogenated alkanes) is 2. The zero-order chi connectivity index (χ0) is 28.5. The molecule has 0 aromatic carbocycles. The molecule has 1 rings (SSSR count). The summed E-state index contributed by atoms with van der Waals surface area (Å²) in [6.45, 7) is 15.9.